The van der Waals surface area contributed by atoms with Gasteiger partial charge >= 0.3 is 122 Å². The van der Waals surface area contributed by atoms with Gasteiger partial charge in [-0.25, -0.2) is 0 Å². The molecule has 1 spiro atoms. The maximum atomic E-state index is 12.2. The zero-order valence-corrected chi connectivity index (χ0v) is 13.5. The van der Waals surface area contributed by atoms with E-state index in [2.05, 4.69) is 0 Å². The molecule has 118 valence electrons. The molecule has 0 saturated carbocycles. The third kappa shape index (κ3) is 2.04. The molecular formula is C13H19O7P. The molecule has 7 nitrogen and oxygen atoms in total. The Balaban J connectivity index is 2.65. The number of Topliss-reactive ketones (excluding diaryl/α,β-unsaturated/α-hetero) is 1. The molecule has 0 aromatic carbocycles. The van der Waals surface area contributed by atoms with Gasteiger partial charge in [-0.3, -0.25) is 0 Å². The molecule has 1 saturated heterocycles. The van der Waals surface area contributed by atoms with Crippen molar-refractivity contribution in [1.29, 1.82) is 0 Å². The predicted octanol–water partition coefficient (Wildman–Crippen LogP) is 1.88. The molecule has 2 aliphatic rings. The van der Waals surface area contributed by atoms with Crippen molar-refractivity contribution in [3.8, 4) is 0 Å². The summed E-state index contributed by atoms with van der Waals surface area (Å²) in [4.78, 5) is 23.6. The molecule has 1 heterocycles. The minimum absolute atomic E-state index is 0.213. The Morgan fingerprint density at radius 2 is 1.57 bits per heavy atom. The molecule has 0 N–H and O–H groups in total. The average molecular weight is 318 g/mol. The monoisotopic (exact) mass is 318 g/mol. The Bertz CT molecular complexity index is 522. The van der Waals surface area contributed by atoms with Crippen molar-refractivity contribution >= 4 is 19.3 Å². The molecule has 0 bridgehead atoms. The number of hydrogen-bond donors (Lipinski definition) is 0. The normalized spacial score (nSPS) is 33.8. The van der Waals surface area contributed by atoms with Crippen LogP contribution in [0, 0.1) is 0 Å². The van der Waals surface area contributed by atoms with Crippen molar-refractivity contribution in [1.82, 2.24) is 0 Å². The van der Waals surface area contributed by atoms with E-state index in [1.807, 2.05) is 0 Å². The van der Waals surface area contributed by atoms with Gasteiger partial charge in [-0.05, 0) is 0 Å². The molecule has 1 unspecified atom stereocenters. The van der Waals surface area contributed by atoms with Crippen LogP contribution in [-0.4, -0.2) is 44.1 Å². The van der Waals surface area contributed by atoms with Gasteiger partial charge in [-0.15, -0.1) is 0 Å². The Morgan fingerprint density at radius 1 is 1.10 bits per heavy atom. The first-order valence-corrected chi connectivity index (χ1v) is 8.10. The van der Waals surface area contributed by atoms with E-state index in [1.54, 1.807) is 6.92 Å². The maximum absolute atomic E-state index is 12.2. The van der Waals surface area contributed by atoms with Crippen molar-refractivity contribution < 1.29 is 32.2 Å². The van der Waals surface area contributed by atoms with Gasteiger partial charge in [0, 0.05) is 0 Å². The first kappa shape index (κ1) is 16.4. The second-order valence-electron chi connectivity index (χ2n) is 4.93. The van der Waals surface area contributed by atoms with Crippen LogP contribution in [0.1, 0.15) is 13.8 Å². The van der Waals surface area contributed by atoms with Gasteiger partial charge in [-0.2, -0.15) is 0 Å². The second kappa shape index (κ2) is 4.78. The molecule has 0 amide bonds. The Labute approximate surface area is 123 Å². The number of ketones is 2. The summed E-state index contributed by atoms with van der Waals surface area (Å²) in [5.74, 6) is -0.529. The molecule has 1 aliphatic carbocycles. The summed E-state index contributed by atoms with van der Waals surface area (Å²) in [6.45, 7) is 2.91. The van der Waals surface area contributed by atoms with Gasteiger partial charge in [0.15, 0.2) is 0 Å². The van der Waals surface area contributed by atoms with Crippen LogP contribution in [-0.2, 0) is 32.2 Å². The van der Waals surface area contributed by atoms with Crippen molar-refractivity contribution in [3.63, 3.8) is 0 Å². The van der Waals surface area contributed by atoms with E-state index in [-0.39, 0.29) is 11.6 Å². The van der Waals surface area contributed by atoms with E-state index in [0.29, 0.717) is 0 Å². The molecule has 0 aromatic heterocycles. The fourth-order valence-electron chi connectivity index (χ4n) is 2.41. The van der Waals surface area contributed by atoms with Crippen LogP contribution < -0.4 is 0 Å². The number of carbonyl (C=O) groups is 2. The first-order chi connectivity index (χ1) is 9.70. The summed E-state index contributed by atoms with van der Waals surface area (Å²) < 4.78 is 27.7. The number of rotatable bonds is 4. The molecule has 1 fully saturated rings. The Kier molecular flexibility index (Phi) is 3.73. The summed E-state index contributed by atoms with van der Waals surface area (Å²) >= 11 is 0. The summed E-state index contributed by atoms with van der Waals surface area (Å²) in [5.41, 5.74) is -2.80. The number of hydrogen-bond acceptors (Lipinski definition) is 7. The SMILES string of the molecule is COP1(OC)(OC)OC2(C=CC(=O)C=C2)C(C)(C(C)=O)O1. The summed E-state index contributed by atoms with van der Waals surface area (Å²) in [6, 6.07) is 0. The Hall–Kier alpha value is -0.950. The topological polar surface area (TPSA) is 80.3 Å². The van der Waals surface area contributed by atoms with Crippen molar-refractivity contribution in [2.24, 2.45) is 0 Å². The number of carbonyl (C=O) groups excluding carboxylic acids is 2. The van der Waals surface area contributed by atoms with Crippen LogP contribution in [0.15, 0.2) is 24.3 Å². The van der Waals surface area contributed by atoms with E-state index >= 15 is 0 Å². The third-order valence-corrected chi connectivity index (χ3v) is 6.99. The van der Waals surface area contributed by atoms with Crippen LogP contribution >= 0.6 is 7.74 Å². The van der Waals surface area contributed by atoms with E-state index in [4.69, 9.17) is 22.6 Å². The van der Waals surface area contributed by atoms with Crippen molar-refractivity contribution in [2.45, 2.75) is 25.0 Å². The van der Waals surface area contributed by atoms with Gasteiger partial charge < -0.3 is 0 Å². The van der Waals surface area contributed by atoms with Gasteiger partial charge in [0.1, 0.15) is 0 Å². The van der Waals surface area contributed by atoms with Crippen molar-refractivity contribution in [2.75, 3.05) is 21.3 Å². The fraction of sp³-hybridized carbons (Fsp3) is 0.538. The summed E-state index contributed by atoms with van der Waals surface area (Å²) in [7, 11) is -0.471. The zero-order valence-electron chi connectivity index (χ0n) is 12.6. The third-order valence-electron chi connectivity index (χ3n) is 3.93. The zero-order chi connectivity index (χ0) is 16.0. The predicted molar refractivity (Wildman–Crippen MR) is 75.2 cm³/mol. The van der Waals surface area contributed by atoms with Crippen LogP contribution in [0.3, 0.4) is 0 Å². The molecule has 8 heteroatoms. The van der Waals surface area contributed by atoms with Crippen LogP contribution in [0.25, 0.3) is 0 Å². The van der Waals surface area contributed by atoms with E-state index in [1.165, 1.54) is 52.6 Å². The molecule has 21 heavy (non-hydrogen) atoms. The molecule has 2 rings (SSSR count). The summed E-state index contributed by atoms with van der Waals surface area (Å²) in [5, 5.41) is 0. The number of allylic oxidation sites excluding steroid dienone is 2. The average Bonchev–Trinajstić information content (AvgIpc) is 2.72. The molecule has 1 atom stereocenters. The first-order valence-electron chi connectivity index (χ1n) is 6.28. The van der Waals surface area contributed by atoms with Gasteiger partial charge in [0.2, 0.25) is 0 Å². The van der Waals surface area contributed by atoms with Crippen molar-refractivity contribution in [3.05, 3.63) is 24.3 Å². The Morgan fingerprint density at radius 3 is 1.95 bits per heavy atom. The summed E-state index contributed by atoms with van der Waals surface area (Å²) in [6.07, 6.45) is 5.54. The van der Waals surface area contributed by atoms with Crippen LogP contribution in [0.4, 0.5) is 0 Å². The van der Waals surface area contributed by atoms with Crippen LogP contribution in [0.2, 0.25) is 0 Å². The molecule has 1 aliphatic heterocycles. The van der Waals surface area contributed by atoms with E-state index in [0.717, 1.165) is 0 Å². The fourth-order valence-corrected chi connectivity index (χ4v) is 5.00. The molecule has 0 radical (unpaired) electrons. The molecular weight excluding hydrogens is 299 g/mol. The quantitative estimate of drug-likeness (QED) is 0.732. The van der Waals surface area contributed by atoms with Gasteiger partial charge in [0.05, 0.1) is 0 Å². The minimum atomic E-state index is -4.40. The van der Waals surface area contributed by atoms with Gasteiger partial charge in [-0.1, -0.05) is 0 Å². The standard InChI is InChI=1S/C13H19O7P/c1-10(14)12(2)13(8-6-11(15)7-9-13)20-21(16-3,17-4,18-5)19-12/h6-9H,1-5H3. The second-order valence-corrected chi connectivity index (χ2v) is 7.88. The molecule has 0 aromatic rings. The van der Waals surface area contributed by atoms with Crippen LogP contribution in [0.5, 0.6) is 0 Å². The van der Waals surface area contributed by atoms with E-state index < -0.39 is 18.9 Å². The van der Waals surface area contributed by atoms with Gasteiger partial charge in [0.25, 0.3) is 0 Å². The van der Waals surface area contributed by atoms with E-state index in [9.17, 15) is 9.59 Å².